The zero-order valence-electron chi connectivity index (χ0n) is 9.66. The van der Waals surface area contributed by atoms with Crippen molar-refractivity contribution in [3.05, 3.63) is 34.9 Å². The van der Waals surface area contributed by atoms with E-state index in [1.807, 2.05) is 0 Å². The quantitative estimate of drug-likeness (QED) is 0.758. The molecule has 1 aromatic carbocycles. The van der Waals surface area contributed by atoms with E-state index in [9.17, 15) is 14.1 Å². The minimum atomic E-state index is -1.06. The van der Waals surface area contributed by atoms with Crippen LogP contribution in [-0.4, -0.2) is 18.5 Å². The first-order valence-electron chi connectivity index (χ1n) is 5.27. The minimum Gasteiger partial charge on any atom is -0.462 e. The Hall–Kier alpha value is -1.91. The monoisotopic (exact) mass is 240 g/mol. The summed E-state index contributed by atoms with van der Waals surface area (Å²) in [5.74, 6) is -1.53. The lowest BCUT2D eigenvalue weighted by molar-refractivity contribution is -0.0788. The van der Waals surface area contributed by atoms with Crippen molar-refractivity contribution in [1.29, 1.82) is 0 Å². The highest BCUT2D eigenvalue weighted by molar-refractivity contribution is 5.94. The van der Waals surface area contributed by atoms with E-state index in [1.54, 1.807) is 13.8 Å². The molecule has 0 aliphatic heterocycles. The van der Waals surface area contributed by atoms with Crippen LogP contribution in [0.3, 0.4) is 0 Å². The van der Waals surface area contributed by atoms with E-state index in [0.29, 0.717) is 17.5 Å². The van der Waals surface area contributed by atoms with Crippen LogP contribution < -0.4 is 0 Å². The standard InChI is InChI=1S/C12H13FO4/c1-3-8-7-9(11(14)16-4-2)5-6-10(8)12(15)17-13/h5-7H,3-4H2,1-2H3. The Balaban J connectivity index is 3.08. The Morgan fingerprint density at radius 1 is 1.24 bits per heavy atom. The van der Waals surface area contributed by atoms with Crippen molar-refractivity contribution >= 4 is 11.9 Å². The van der Waals surface area contributed by atoms with Gasteiger partial charge in [0.05, 0.1) is 17.7 Å². The van der Waals surface area contributed by atoms with Gasteiger partial charge in [0.2, 0.25) is 0 Å². The topological polar surface area (TPSA) is 52.6 Å². The molecule has 17 heavy (non-hydrogen) atoms. The largest absolute Gasteiger partial charge is 0.462 e. The number of rotatable bonds is 4. The first kappa shape index (κ1) is 13.2. The van der Waals surface area contributed by atoms with E-state index in [4.69, 9.17) is 4.74 Å². The van der Waals surface area contributed by atoms with E-state index in [-0.39, 0.29) is 12.2 Å². The number of hydrogen-bond donors (Lipinski definition) is 0. The second-order valence-corrected chi connectivity index (χ2v) is 3.31. The van der Waals surface area contributed by atoms with Gasteiger partial charge in [-0.05, 0) is 37.1 Å². The second-order valence-electron chi connectivity index (χ2n) is 3.31. The number of halogens is 1. The highest BCUT2D eigenvalue weighted by atomic mass is 19.3. The molecule has 0 saturated heterocycles. The predicted octanol–water partition coefficient (Wildman–Crippen LogP) is 2.47. The van der Waals surface area contributed by atoms with Gasteiger partial charge in [-0.3, -0.25) is 0 Å². The summed E-state index contributed by atoms with van der Waals surface area (Å²) >= 11 is 0. The number of esters is 1. The summed E-state index contributed by atoms with van der Waals surface area (Å²) in [6.07, 6.45) is 0.484. The summed E-state index contributed by atoms with van der Waals surface area (Å²) in [4.78, 5) is 25.7. The predicted molar refractivity (Wildman–Crippen MR) is 58.3 cm³/mol. The molecule has 0 spiro atoms. The zero-order valence-corrected chi connectivity index (χ0v) is 9.66. The molecule has 0 N–H and O–H groups in total. The van der Waals surface area contributed by atoms with Crippen LogP contribution in [0.15, 0.2) is 18.2 Å². The van der Waals surface area contributed by atoms with Gasteiger partial charge >= 0.3 is 11.9 Å². The van der Waals surface area contributed by atoms with Crippen LogP contribution in [-0.2, 0) is 16.1 Å². The lowest BCUT2D eigenvalue weighted by Crippen LogP contribution is -2.08. The number of carbonyl (C=O) groups is 2. The van der Waals surface area contributed by atoms with Crippen molar-refractivity contribution in [2.24, 2.45) is 0 Å². The molecule has 0 bridgehead atoms. The van der Waals surface area contributed by atoms with Gasteiger partial charge in [0, 0.05) is 4.53 Å². The summed E-state index contributed by atoms with van der Waals surface area (Å²) < 4.78 is 16.7. The van der Waals surface area contributed by atoms with Gasteiger partial charge < -0.3 is 4.74 Å². The molecule has 92 valence electrons. The number of carbonyl (C=O) groups excluding carboxylic acids is 2. The van der Waals surface area contributed by atoms with Crippen LogP contribution in [0, 0.1) is 0 Å². The van der Waals surface area contributed by atoms with Gasteiger partial charge in [0.25, 0.3) is 0 Å². The van der Waals surface area contributed by atoms with Crippen LogP contribution in [0.4, 0.5) is 4.53 Å². The molecule has 0 aliphatic carbocycles. The number of ether oxygens (including phenoxy) is 1. The van der Waals surface area contributed by atoms with Crippen LogP contribution in [0.2, 0.25) is 0 Å². The Morgan fingerprint density at radius 2 is 1.94 bits per heavy atom. The van der Waals surface area contributed by atoms with Crippen LogP contribution in [0.25, 0.3) is 0 Å². The second kappa shape index (κ2) is 5.98. The molecule has 0 aliphatic rings. The van der Waals surface area contributed by atoms with Gasteiger partial charge in [-0.15, -0.1) is 0 Å². The molecule has 0 saturated carbocycles. The maximum atomic E-state index is 11.8. The molecular formula is C12H13FO4. The maximum absolute atomic E-state index is 11.8. The van der Waals surface area contributed by atoms with Crippen LogP contribution in [0.5, 0.6) is 0 Å². The molecule has 1 rings (SSSR count). The number of aryl methyl sites for hydroxylation is 1. The summed E-state index contributed by atoms with van der Waals surface area (Å²) in [5.41, 5.74) is 0.986. The fraction of sp³-hybridized carbons (Fsp3) is 0.333. The Labute approximate surface area is 98.2 Å². The maximum Gasteiger partial charge on any atom is 0.379 e. The summed E-state index contributed by atoms with van der Waals surface area (Å²) in [7, 11) is 0. The highest BCUT2D eigenvalue weighted by Gasteiger charge is 2.15. The van der Waals surface area contributed by atoms with Gasteiger partial charge in [-0.25, -0.2) is 14.5 Å². The molecule has 0 radical (unpaired) electrons. The average molecular weight is 240 g/mol. The molecule has 0 aromatic heterocycles. The third-order valence-electron chi connectivity index (χ3n) is 2.29. The minimum absolute atomic E-state index is 0.114. The molecule has 0 heterocycles. The van der Waals surface area contributed by atoms with Crippen molar-refractivity contribution in [3.8, 4) is 0 Å². The SMILES string of the molecule is CCOC(=O)c1ccc(C(=O)OF)c(CC)c1. The molecule has 0 fully saturated rings. The van der Waals surface area contributed by atoms with Gasteiger partial charge in [-0.1, -0.05) is 6.92 Å². The molecule has 4 nitrogen and oxygen atoms in total. The van der Waals surface area contributed by atoms with Gasteiger partial charge in [0.1, 0.15) is 0 Å². The van der Waals surface area contributed by atoms with Gasteiger partial charge in [0.15, 0.2) is 0 Å². The van der Waals surface area contributed by atoms with Crippen molar-refractivity contribution in [2.75, 3.05) is 6.61 Å². The third-order valence-corrected chi connectivity index (χ3v) is 2.29. The fourth-order valence-electron chi connectivity index (χ4n) is 1.47. The molecule has 0 amide bonds. The van der Waals surface area contributed by atoms with Crippen molar-refractivity contribution in [1.82, 2.24) is 0 Å². The zero-order chi connectivity index (χ0) is 12.8. The molecule has 0 unspecified atom stereocenters. The Kier molecular flexibility index (Phi) is 4.63. The first-order valence-corrected chi connectivity index (χ1v) is 5.27. The summed E-state index contributed by atoms with van der Waals surface area (Å²) in [5, 5.41) is 0. The number of hydrogen-bond acceptors (Lipinski definition) is 4. The Bertz CT molecular complexity index is 429. The molecular weight excluding hydrogens is 227 g/mol. The van der Waals surface area contributed by atoms with E-state index >= 15 is 0 Å². The van der Waals surface area contributed by atoms with Crippen molar-refractivity contribution in [3.63, 3.8) is 0 Å². The van der Waals surface area contributed by atoms with E-state index in [0.717, 1.165) is 0 Å². The smallest absolute Gasteiger partial charge is 0.379 e. The van der Waals surface area contributed by atoms with Crippen LogP contribution >= 0.6 is 0 Å². The fourth-order valence-corrected chi connectivity index (χ4v) is 1.47. The normalized spacial score (nSPS) is 9.82. The lowest BCUT2D eigenvalue weighted by Gasteiger charge is -2.07. The molecule has 1 aromatic rings. The summed E-state index contributed by atoms with van der Waals surface area (Å²) in [6, 6.07) is 4.26. The highest BCUT2D eigenvalue weighted by Crippen LogP contribution is 2.15. The van der Waals surface area contributed by atoms with E-state index < -0.39 is 11.9 Å². The average Bonchev–Trinajstić information content (AvgIpc) is 2.37. The van der Waals surface area contributed by atoms with E-state index in [1.165, 1.54) is 18.2 Å². The number of benzene rings is 1. The van der Waals surface area contributed by atoms with Crippen molar-refractivity contribution < 1.29 is 23.8 Å². The molecule has 0 atom stereocenters. The Morgan fingerprint density at radius 3 is 2.47 bits per heavy atom. The molecule has 5 heteroatoms. The van der Waals surface area contributed by atoms with Crippen molar-refractivity contribution in [2.45, 2.75) is 20.3 Å². The summed E-state index contributed by atoms with van der Waals surface area (Å²) in [6.45, 7) is 3.77. The van der Waals surface area contributed by atoms with Crippen LogP contribution in [0.1, 0.15) is 40.1 Å². The van der Waals surface area contributed by atoms with E-state index in [2.05, 4.69) is 4.94 Å². The first-order chi connectivity index (χ1) is 8.13. The third kappa shape index (κ3) is 3.03. The van der Waals surface area contributed by atoms with Gasteiger partial charge in [-0.2, -0.15) is 0 Å². The lowest BCUT2D eigenvalue weighted by atomic mass is 10.0.